The fourth-order valence-electron chi connectivity index (χ4n) is 2.62. The molecule has 0 aliphatic rings. The molecule has 1 heterocycles. The van der Waals surface area contributed by atoms with Crippen LogP contribution < -0.4 is 10.9 Å². The topological polar surface area (TPSA) is 64.0 Å². The van der Waals surface area contributed by atoms with Gasteiger partial charge in [-0.25, -0.2) is 13.8 Å². The van der Waals surface area contributed by atoms with E-state index in [4.69, 9.17) is 11.6 Å². The zero-order valence-electron chi connectivity index (χ0n) is 13.7. The Morgan fingerprint density at radius 1 is 1.27 bits per heavy atom. The molecule has 1 aromatic heterocycles. The van der Waals surface area contributed by atoms with E-state index in [9.17, 15) is 18.4 Å². The van der Waals surface area contributed by atoms with Gasteiger partial charge in [-0.2, -0.15) is 0 Å². The van der Waals surface area contributed by atoms with Crippen molar-refractivity contribution in [2.45, 2.75) is 19.5 Å². The standard InChI is InChI=1S/C18H14ClF2N3O2/c1-10(13-5-3-12(20)7-15(13)21)23-17(25)8-24-9-22-16-6-11(19)2-4-14(16)18(24)26/h2-7,9-10H,8H2,1H3,(H,23,25). The summed E-state index contributed by atoms with van der Waals surface area (Å²) < 4.78 is 27.9. The Kier molecular flexibility index (Phi) is 4.99. The number of fused-ring (bicyclic) bond motifs is 1. The van der Waals surface area contributed by atoms with E-state index >= 15 is 0 Å². The zero-order valence-corrected chi connectivity index (χ0v) is 14.4. The highest BCUT2D eigenvalue weighted by Gasteiger charge is 2.15. The van der Waals surface area contributed by atoms with Gasteiger partial charge in [-0.05, 0) is 31.2 Å². The molecule has 1 unspecified atom stereocenters. The molecule has 3 rings (SSSR count). The van der Waals surface area contributed by atoms with Gasteiger partial charge in [-0.1, -0.05) is 17.7 Å². The lowest BCUT2D eigenvalue weighted by Gasteiger charge is -2.15. The average Bonchev–Trinajstić information content (AvgIpc) is 2.57. The van der Waals surface area contributed by atoms with Crippen molar-refractivity contribution in [3.63, 3.8) is 0 Å². The molecule has 0 spiro atoms. The monoisotopic (exact) mass is 377 g/mol. The van der Waals surface area contributed by atoms with Crippen LogP contribution in [0.1, 0.15) is 18.5 Å². The maximum atomic E-state index is 13.8. The number of benzene rings is 2. The molecule has 2 aromatic carbocycles. The molecule has 1 amide bonds. The van der Waals surface area contributed by atoms with Crippen molar-refractivity contribution in [3.05, 3.63) is 75.3 Å². The van der Waals surface area contributed by atoms with Crippen LogP contribution in [0.3, 0.4) is 0 Å². The third-order valence-corrected chi connectivity index (χ3v) is 4.14. The van der Waals surface area contributed by atoms with Crippen molar-refractivity contribution in [1.29, 1.82) is 0 Å². The Morgan fingerprint density at radius 3 is 2.77 bits per heavy atom. The van der Waals surface area contributed by atoms with E-state index in [0.717, 1.165) is 16.7 Å². The Bertz CT molecular complexity index is 1050. The SMILES string of the molecule is CC(NC(=O)Cn1cnc2cc(Cl)ccc2c1=O)c1ccc(F)cc1F. The molecule has 0 aliphatic heterocycles. The Morgan fingerprint density at radius 2 is 2.04 bits per heavy atom. The summed E-state index contributed by atoms with van der Waals surface area (Å²) in [4.78, 5) is 28.7. The zero-order chi connectivity index (χ0) is 18.8. The van der Waals surface area contributed by atoms with Crippen molar-refractivity contribution in [1.82, 2.24) is 14.9 Å². The predicted molar refractivity (Wildman–Crippen MR) is 93.9 cm³/mol. The van der Waals surface area contributed by atoms with Crippen LogP contribution in [0.15, 0.2) is 47.5 Å². The van der Waals surface area contributed by atoms with Crippen LogP contribution in [0.5, 0.6) is 0 Å². The van der Waals surface area contributed by atoms with Gasteiger partial charge < -0.3 is 5.32 Å². The van der Waals surface area contributed by atoms with Crippen LogP contribution in [0.25, 0.3) is 10.9 Å². The van der Waals surface area contributed by atoms with E-state index in [1.165, 1.54) is 18.5 Å². The van der Waals surface area contributed by atoms with E-state index in [1.807, 2.05) is 0 Å². The molecular formula is C18H14ClF2N3O2. The van der Waals surface area contributed by atoms with E-state index < -0.39 is 23.6 Å². The number of carbonyl (C=O) groups excluding carboxylic acids is 1. The van der Waals surface area contributed by atoms with Gasteiger partial charge in [0, 0.05) is 16.7 Å². The molecule has 134 valence electrons. The molecule has 0 saturated carbocycles. The second-order valence-electron chi connectivity index (χ2n) is 5.79. The van der Waals surface area contributed by atoms with Crippen molar-refractivity contribution < 1.29 is 13.6 Å². The molecule has 5 nitrogen and oxygen atoms in total. The first kappa shape index (κ1) is 18.0. The number of hydrogen-bond donors (Lipinski definition) is 1. The minimum Gasteiger partial charge on any atom is -0.348 e. The van der Waals surface area contributed by atoms with Crippen molar-refractivity contribution in [3.8, 4) is 0 Å². The highest BCUT2D eigenvalue weighted by Crippen LogP contribution is 2.18. The minimum atomic E-state index is -0.751. The number of rotatable bonds is 4. The molecule has 1 N–H and O–H groups in total. The average molecular weight is 378 g/mol. The third-order valence-electron chi connectivity index (χ3n) is 3.91. The Balaban J connectivity index is 1.77. The quantitative estimate of drug-likeness (QED) is 0.759. The van der Waals surface area contributed by atoms with Gasteiger partial charge in [-0.3, -0.25) is 14.2 Å². The summed E-state index contributed by atoms with van der Waals surface area (Å²) in [5.41, 5.74) is 0.196. The fraction of sp³-hybridized carbons (Fsp3) is 0.167. The van der Waals surface area contributed by atoms with Crippen LogP contribution in [0.2, 0.25) is 5.02 Å². The first-order valence-electron chi connectivity index (χ1n) is 7.74. The van der Waals surface area contributed by atoms with Gasteiger partial charge in [0.1, 0.15) is 18.2 Å². The summed E-state index contributed by atoms with van der Waals surface area (Å²) in [5.74, 6) is -1.95. The number of nitrogens with zero attached hydrogens (tertiary/aromatic N) is 2. The van der Waals surface area contributed by atoms with Gasteiger partial charge in [0.05, 0.1) is 23.3 Å². The van der Waals surface area contributed by atoms with Crippen LogP contribution in [0.4, 0.5) is 8.78 Å². The van der Waals surface area contributed by atoms with Crippen LogP contribution in [-0.4, -0.2) is 15.5 Å². The van der Waals surface area contributed by atoms with Crippen LogP contribution in [-0.2, 0) is 11.3 Å². The number of nitrogens with one attached hydrogen (secondary N) is 1. The Hall–Kier alpha value is -2.80. The number of hydrogen-bond acceptors (Lipinski definition) is 3. The molecule has 0 radical (unpaired) electrons. The highest BCUT2D eigenvalue weighted by atomic mass is 35.5. The molecule has 3 aromatic rings. The van der Waals surface area contributed by atoms with Gasteiger partial charge in [0.25, 0.3) is 5.56 Å². The second-order valence-corrected chi connectivity index (χ2v) is 6.23. The smallest absolute Gasteiger partial charge is 0.261 e. The first-order chi connectivity index (χ1) is 12.3. The molecule has 0 fully saturated rings. The molecular weight excluding hydrogens is 364 g/mol. The number of halogens is 3. The Labute approximate surface area is 152 Å². The predicted octanol–water partition coefficient (Wildman–Crippen LogP) is 3.21. The summed E-state index contributed by atoms with van der Waals surface area (Å²) in [6.45, 7) is 1.29. The van der Waals surface area contributed by atoms with Gasteiger partial charge in [0.15, 0.2) is 0 Å². The highest BCUT2D eigenvalue weighted by molar-refractivity contribution is 6.31. The second kappa shape index (κ2) is 7.21. The van der Waals surface area contributed by atoms with Crippen molar-refractivity contribution >= 4 is 28.4 Å². The van der Waals surface area contributed by atoms with Crippen LogP contribution in [0, 0.1) is 11.6 Å². The van der Waals surface area contributed by atoms with E-state index in [2.05, 4.69) is 10.3 Å². The van der Waals surface area contributed by atoms with Crippen molar-refractivity contribution in [2.75, 3.05) is 0 Å². The fourth-order valence-corrected chi connectivity index (χ4v) is 2.78. The number of amides is 1. The van der Waals surface area contributed by atoms with Gasteiger partial charge in [0.2, 0.25) is 5.91 Å². The maximum Gasteiger partial charge on any atom is 0.261 e. The van der Waals surface area contributed by atoms with Crippen LogP contribution >= 0.6 is 11.6 Å². The maximum absolute atomic E-state index is 13.8. The van der Waals surface area contributed by atoms with Gasteiger partial charge >= 0.3 is 0 Å². The first-order valence-corrected chi connectivity index (χ1v) is 8.12. The summed E-state index contributed by atoms with van der Waals surface area (Å²) in [7, 11) is 0. The number of aromatic nitrogens is 2. The molecule has 0 bridgehead atoms. The van der Waals surface area contributed by atoms with E-state index in [0.29, 0.717) is 15.9 Å². The summed E-state index contributed by atoms with van der Waals surface area (Å²) in [5, 5.41) is 3.37. The summed E-state index contributed by atoms with van der Waals surface area (Å²) in [6.07, 6.45) is 1.25. The molecule has 1 atom stereocenters. The van der Waals surface area contributed by atoms with E-state index in [-0.39, 0.29) is 17.7 Å². The summed E-state index contributed by atoms with van der Waals surface area (Å²) >= 11 is 5.87. The lowest BCUT2D eigenvalue weighted by molar-refractivity contribution is -0.122. The molecule has 0 aliphatic carbocycles. The lowest BCUT2D eigenvalue weighted by atomic mass is 10.1. The van der Waals surface area contributed by atoms with Gasteiger partial charge in [-0.15, -0.1) is 0 Å². The lowest BCUT2D eigenvalue weighted by Crippen LogP contribution is -2.34. The number of carbonyl (C=O) groups is 1. The van der Waals surface area contributed by atoms with E-state index in [1.54, 1.807) is 19.1 Å². The summed E-state index contributed by atoms with van der Waals surface area (Å²) in [6, 6.07) is 7.11. The largest absolute Gasteiger partial charge is 0.348 e. The normalized spacial score (nSPS) is 12.2. The molecule has 8 heteroatoms. The minimum absolute atomic E-state index is 0.151. The van der Waals surface area contributed by atoms with Crippen molar-refractivity contribution in [2.24, 2.45) is 0 Å². The molecule has 0 saturated heterocycles. The third kappa shape index (κ3) is 3.72. The molecule has 26 heavy (non-hydrogen) atoms.